The third-order valence-corrected chi connectivity index (χ3v) is 3.52. The highest BCUT2D eigenvalue weighted by Gasteiger charge is 2.27. The molecule has 0 aromatic carbocycles. The zero-order valence-electron chi connectivity index (χ0n) is 10.5. The third kappa shape index (κ3) is 2.61. The van der Waals surface area contributed by atoms with E-state index in [9.17, 15) is 9.90 Å². The van der Waals surface area contributed by atoms with Gasteiger partial charge in [0.2, 0.25) is 0 Å². The lowest BCUT2D eigenvalue weighted by molar-refractivity contribution is 0.0658. The Labute approximate surface area is 107 Å². The number of amides is 1. The lowest BCUT2D eigenvalue weighted by atomic mass is 9.92. The average molecular weight is 249 g/mol. The minimum absolute atomic E-state index is 0.0644. The van der Waals surface area contributed by atoms with Gasteiger partial charge in [-0.25, -0.2) is 0 Å². The fourth-order valence-electron chi connectivity index (χ4n) is 2.36. The van der Waals surface area contributed by atoms with Gasteiger partial charge in [0.25, 0.3) is 5.91 Å². The second-order valence-corrected chi connectivity index (χ2v) is 4.91. The Kier molecular flexibility index (Phi) is 3.81. The largest absolute Gasteiger partial charge is 0.505 e. The molecule has 2 unspecified atom stereocenters. The van der Waals surface area contributed by atoms with E-state index < -0.39 is 0 Å². The Morgan fingerprint density at radius 3 is 3.11 bits per heavy atom. The Hall–Kier alpha value is -1.62. The second-order valence-electron chi connectivity index (χ2n) is 4.91. The van der Waals surface area contributed by atoms with Gasteiger partial charge in [0, 0.05) is 25.3 Å². The Bertz CT molecular complexity index is 434. The Morgan fingerprint density at radius 1 is 1.67 bits per heavy atom. The summed E-state index contributed by atoms with van der Waals surface area (Å²) in [5.41, 5.74) is 6.22. The topological polar surface area (TPSA) is 79.5 Å². The Morgan fingerprint density at radius 2 is 2.44 bits per heavy atom. The summed E-state index contributed by atoms with van der Waals surface area (Å²) in [6.45, 7) is 3.37. The lowest BCUT2D eigenvalue weighted by Crippen LogP contribution is -2.45. The molecule has 1 fully saturated rings. The number of rotatable bonds is 2. The minimum Gasteiger partial charge on any atom is -0.505 e. The summed E-state index contributed by atoms with van der Waals surface area (Å²) in [6, 6.07) is 1.64. The summed E-state index contributed by atoms with van der Waals surface area (Å²) in [5.74, 6) is 0.136. The van der Waals surface area contributed by atoms with E-state index in [1.165, 1.54) is 12.4 Å². The highest BCUT2D eigenvalue weighted by Crippen LogP contribution is 2.23. The van der Waals surface area contributed by atoms with Crippen LogP contribution in [0.4, 0.5) is 0 Å². The molecule has 1 aliphatic heterocycles. The number of hydrogen-bond acceptors (Lipinski definition) is 4. The smallest absolute Gasteiger partial charge is 0.257 e. The predicted octanol–water partition coefficient (Wildman–Crippen LogP) is 0.987. The molecule has 1 amide bonds. The van der Waals surface area contributed by atoms with Crippen molar-refractivity contribution in [1.82, 2.24) is 9.88 Å². The standard InChI is InChI=1S/C13H19N3O2/c1-9(14)10-3-2-6-16(8-10)13(18)11-4-5-15-7-12(11)17/h4-5,7,9-10,17H,2-3,6,8,14H2,1H3. The van der Waals surface area contributed by atoms with Crippen molar-refractivity contribution in [2.45, 2.75) is 25.8 Å². The van der Waals surface area contributed by atoms with Crippen LogP contribution in [0.2, 0.25) is 0 Å². The van der Waals surface area contributed by atoms with Crippen LogP contribution in [0.15, 0.2) is 18.5 Å². The first kappa shape index (κ1) is 12.8. The lowest BCUT2D eigenvalue weighted by Gasteiger charge is -2.34. The van der Waals surface area contributed by atoms with Gasteiger partial charge in [0.15, 0.2) is 0 Å². The molecule has 0 aliphatic carbocycles. The number of hydrogen-bond donors (Lipinski definition) is 2. The SMILES string of the molecule is CC(N)C1CCCN(C(=O)c2ccncc2O)C1. The molecule has 3 N–H and O–H groups in total. The summed E-state index contributed by atoms with van der Waals surface area (Å²) in [5, 5.41) is 9.65. The summed E-state index contributed by atoms with van der Waals surface area (Å²) >= 11 is 0. The first-order valence-electron chi connectivity index (χ1n) is 6.27. The average Bonchev–Trinajstić information content (AvgIpc) is 2.38. The third-order valence-electron chi connectivity index (χ3n) is 3.52. The molecular weight excluding hydrogens is 230 g/mol. The molecule has 0 spiro atoms. The molecule has 2 heterocycles. The number of pyridine rings is 1. The van der Waals surface area contributed by atoms with E-state index in [2.05, 4.69) is 4.98 Å². The van der Waals surface area contributed by atoms with Crippen LogP contribution in [0.3, 0.4) is 0 Å². The molecule has 1 aromatic rings. The van der Waals surface area contributed by atoms with Crippen molar-refractivity contribution < 1.29 is 9.90 Å². The van der Waals surface area contributed by atoms with Crippen molar-refractivity contribution >= 4 is 5.91 Å². The predicted molar refractivity (Wildman–Crippen MR) is 68.2 cm³/mol. The first-order chi connectivity index (χ1) is 8.59. The molecule has 5 nitrogen and oxygen atoms in total. The zero-order chi connectivity index (χ0) is 13.1. The van der Waals surface area contributed by atoms with E-state index in [-0.39, 0.29) is 17.7 Å². The first-order valence-corrected chi connectivity index (χ1v) is 6.27. The van der Waals surface area contributed by atoms with Crippen molar-refractivity contribution in [3.63, 3.8) is 0 Å². The zero-order valence-corrected chi connectivity index (χ0v) is 10.5. The normalized spacial score (nSPS) is 21.7. The number of aromatic hydroxyl groups is 1. The maximum Gasteiger partial charge on any atom is 0.257 e. The number of carbonyl (C=O) groups excluding carboxylic acids is 1. The minimum atomic E-state index is -0.139. The van der Waals surface area contributed by atoms with Gasteiger partial charge >= 0.3 is 0 Å². The quantitative estimate of drug-likeness (QED) is 0.819. The second kappa shape index (κ2) is 5.35. The van der Waals surface area contributed by atoms with E-state index in [0.717, 1.165) is 19.4 Å². The molecule has 0 radical (unpaired) electrons. The van der Waals surface area contributed by atoms with Crippen molar-refractivity contribution in [3.05, 3.63) is 24.0 Å². The van der Waals surface area contributed by atoms with Crippen molar-refractivity contribution in [1.29, 1.82) is 0 Å². The van der Waals surface area contributed by atoms with Crippen LogP contribution < -0.4 is 5.73 Å². The van der Waals surface area contributed by atoms with Gasteiger partial charge in [-0.2, -0.15) is 0 Å². The molecule has 0 saturated carbocycles. The number of nitrogens with two attached hydrogens (primary N) is 1. The van der Waals surface area contributed by atoms with Gasteiger partial charge in [-0.1, -0.05) is 0 Å². The highest BCUT2D eigenvalue weighted by atomic mass is 16.3. The van der Waals surface area contributed by atoms with Crippen LogP contribution in [-0.2, 0) is 0 Å². The molecule has 18 heavy (non-hydrogen) atoms. The number of piperidine rings is 1. The van der Waals surface area contributed by atoms with Gasteiger partial charge in [-0.15, -0.1) is 0 Å². The van der Waals surface area contributed by atoms with Gasteiger partial charge in [-0.05, 0) is 31.7 Å². The summed E-state index contributed by atoms with van der Waals surface area (Å²) in [6.07, 6.45) is 4.83. The van der Waals surface area contributed by atoms with Crippen LogP contribution in [-0.4, -0.2) is 40.0 Å². The van der Waals surface area contributed by atoms with Crippen LogP contribution in [0.5, 0.6) is 5.75 Å². The van der Waals surface area contributed by atoms with Crippen molar-refractivity contribution in [3.8, 4) is 5.75 Å². The van der Waals surface area contributed by atoms with Crippen LogP contribution in [0, 0.1) is 5.92 Å². The molecule has 2 atom stereocenters. The van der Waals surface area contributed by atoms with Gasteiger partial charge in [0.1, 0.15) is 5.75 Å². The van der Waals surface area contributed by atoms with E-state index in [4.69, 9.17) is 5.73 Å². The highest BCUT2D eigenvalue weighted by molar-refractivity contribution is 5.96. The monoisotopic (exact) mass is 249 g/mol. The number of aromatic nitrogens is 1. The molecule has 1 aromatic heterocycles. The van der Waals surface area contributed by atoms with Crippen LogP contribution in [0.25, 0.3) is 0 Å². The number of likely N-dealkylation sites (tertiary alicyclic amines) is 1. The number of carbonyl (C=O) groups is 1. The molecule has 1 aliphatic rings. The van der Waals surface area contributed by atoms with Crippen molar-refractivity contribution in [2.24, 2.45) is 11.7 Å². The van der Waals surface area contributed by atoms with E-state index in [1.54, 1.807) is 11.0 Å². The molecule has 1 saturated heterocycles. The Balaban J connectivity index is 2.12. The van der Waals surface area contributed by atoms with E-state index in [0.29, 0.717) is 18.0 Å². The van der Waals surface area contributed by atoms with E-state index >= 15 is 0 Å². The van der Waals surface area contributed by atoms with Gasteiger partial charge < -0.3 is 15.7 Å². The fraction of sp³-hybridized carbons (Fsp3) is 0.538. The summed E-state index contributed by atoms with van der Waals surface area (Å²) < 4.78 is 0. The van der Waals surface area contributed by atoms with Gasteiger partial charge in [0.05, 0.1) is 11.8 Å². The molecule has 98 valence electrons. The molecule has 0 bridgehead atoms. The van der Waals surface area contributed by atoms with Crippen molar-refractivity contribution in [2.75, 3.05) is 13.1 Å². The number of nitrogens with zero attached hydrogens (tertiary/aromatic N) is 2. The van der Waals surface area contributed by atoms with Crippen LogP contribution >= 0.6 is 0 Å². The molecular formula is C13H19N3O2. The van der Waals surface area contributed by atoms with Gasteiger partial charge in [-0.3, -0.25) is 9.78 Å². The molecule has 2 rings (SSSR count). The van der Waals surface area contributed by atoms with Crippen LogP contribution in [0.1, 0.15) is 30.1 Å². The molecule has 5 heteroatoms. The maximum atomic E-state index is 12.3. The summed E-state index contributed by atoms with van der Waals surface area (Å²) in [4.78, 5) is 17.8. The fourth-order valence-corrected chi connectivity index (χ4v) is 2.36. The van der Waals surface area contributed by atoms with E-state index in [1.807, 2.05) is 6.92 Å². The summed E-state index contributed by atoms with van der Waals surface area (Å²) in [7, 11) is 0. The maximum absolute atomic E-state index is 12.3.